The Morgan fingerprint density at radius 3 is 2.63 bits per heavy atom. The van der Waals surface area contributed by atoms with Crippen LogP contribution in [0.5, 0.6) is 0 Å². The lowest BCUT2D eigenvalue weighted by Gasteiger charge is -2.29. The van der Waals surface area contributed by atoms with Crippen LogP contribution < -0.4 is 10.2 Å². The molecule has 7 heteroatoms. The summed E-state index contributed by atoms with van der Waals surface area (Å²) in [6, 6.07) is 7.02. The van der Waals surface area contributed by atoms with E-state index in [0.717, 1.165) is 31.4 Å². The molecule has 1 aromatic carbocycles. The summed E-state index contributed by atoms with van der Waals surface area (Å²) in [6.45, 7) is 0.807. The minimum Gasteiger partial charge on any atom is -0.469 e. The van der Waals surface area contributed by atoms with Crippen molar-refractivity contribution in [1.29, 1.82) is 0 Å². The Morgan fingerprint density at radius 2 is 1.93 bits per heavy atom. The summed E-state index contributed by atoms with van der Waals surface area (Å²) in [6.07, 6.45) is 3.97. The van der Waals surface area contributed by atoms with Gasteiger partial charge in [0.25, 0.3) is 0 Å². The van der Waals surface area contributed by atoms with Crippen LogP contribution in [0.25, 0.3) is 0 Å². The van der Waals surface area contributed by atoms with Crippen molar-refractivity contribution in [2.24, 2.45) is 17.8 Å². The van der Waals surface area contributed by atoms with E-state index in [9.17, 15) is 14.4 Å². The number of ether oxygens (including phenoxy) is 1. The first kappa shape index (κ1) is 19.7. The van der Waals surface area contributed by atoms with Crippen molar-refractivity contribution in [3.05, 3.63) is 29.3 Å². The number of anilines is 1. The highest BCUT2D eigenvalue weighted by molar-refractivity contribution is 6.30. The number of benzene rings is 1. The fourth-order valence-electron chi connectivity index (χ4n) is 4.04. The number of halogens is 1. The minimum absolute atomic E-state index is 0.0671. The van der Waals surface area contributed by atoms with Crippen LogP contribution in [0, 0.1) is 17.8 Å². The topological polar surface area (TPSA) is 75.7 Å². The minimum atomic E-state index is -0.381. The molecule has 0 radical (unpaired) electrons. The van der Waals surface area contributed by atoms with Crippen LogP contribution >= 0.6 is 11.6 Å². The van der Waals surface area contributed by atoms with Crippen molar-refractivity contribution in [3.63, 3.8) is 0 Å². The first-order chi connectivity index (χ1) is 13.0. The molecule has 1 saturated heterocycles. The van der Waals surface area contributed by atoms with Crippen LogP contribution in [0.15, 0.2) is 24.3 Å². The summed E-state index contributed by atoms with van der Waals surface area (Å²) in [7, 11) is 1.40. The molecule has 0 aromatic heterocycles. The third-order valence-electron chi connectivity index (χ3n) is 5.59. The maximum absolute atomic E-state index is 12.6. The third kappa shape index (κ3) is 4.61. The zero-order chi connectivity index (χ0) is 19.4. The third-order valence-corrected chi connectivity index (χ3v) is 5.84. The van der Waals surface area contributed by atoms with Crippen molar-refractivity contribution in [2.45, 2.75) is 32.1 Å². The lowest BCUT2D eigenvalue weighted by molar-refractivity contribution is -0.148. The summed E-state index contributed by atoms with van der Waals surface area (Å²) >= 11 is 5.89. The highest BCUT2D eigenvalue weighted by Gasteiger charge is 2.36. The molecule has 6 nitrogen and oxygen atoms in total. The molecule has 1 saturated carbocycles. The SMILES string of the molecule is COC(=O)C1CCCCC1CNC(=O)C1CC(=O)N(c2ccc(Cl)cc2)C1. The molecule has 3 rings (SSSR count). The van der Waals surface area contributed by atoms with E-state index >= 15 is 0 Å². The maximum atomic E-state index is 12.6. The molecule has 2 amide bonds. The van der Waals surface area contributed by atoms with Gasteiger partial charge in [0.1, 0.15) is 0 Å². The molecule has 0 bridgehead atoms. The van der Waals surface area contributed by atoms with Crippen molar-refractivity contribution >= 4 is 35.1 Å². The number of rotatable bonds is 5. The van der Waals surface area contributed by atoms with Crippen LogP contribution in [0.1, 0.15) is 32.1 Å². The highest BCUT2D eigenvalue weighted by atomic mass is 35.5. The lowest BCUT2D eigenvalue weighted by Crippen LogP contribution is -2.40. The number of carbonyl (C=O) groups excluding carboxylic acids is 3. The van der Waals surface area contributed by atoms with Gasteiger partial charge in [-0.2, -0.15) is 0 Å². The van der Waals surface area contributed by atoms with Crippen LogP contribution in [0.4, 0.5) is 5.69 Å². The van der Waals surface area contributed by atoms with Gasteiger partial charge in [0.15, 0.2) is 0 Å². The molecule has 1 N–H and O–H groups in total. The summed E-state index contributed by atoms with van der Waals surface area (Å²) < 4.78 is 4.90. The molecule has 1 aliphatic heterocycles. The molecule has 146 valence electrons. The maximum Gasteiger partial charge on any atom is 0.309 e. The molecule has 1 heterocycles. The van der Waals surface area contributed by atoms with Gasteiger partial charge in [0, 0.05) is 30.2 Å². The summed E-state index contributed by atoms with van der Waals surface area (Å²) in [5, 5.41) is 3.56. The zero-order valence-electron chi connectivity index (χ0n) is 15.4. The Morgan fingerprint density at radius 1 is 1.22 bits per heavy atom. The smallest absolute Gasteiger partial charge is 0.309 e. The van der Waals surface area contributed by atoms with Crippen molar-refractivity contribution in [3.8, 4) is 0 Å². The predicted molar refractivity (Wildman–Crippen MR) is 102 cm³/mol. The molecule has 3 atom stereocenters. The van der Waals surface area contributed by atoms with Gasteiger partial charge in [0.2, 0.25) is 11.8 Å². The van der Waals surface area contributed by atoms with Gasteiger partial charge < -0.3 is 15.0 Å². The number of methoxy groups -OCH3 is 1. The number of carbonyl (C=O) groups is 3. The van der Waals surface area contributed by atoms with E-state index in [0.29, 0.717) is 18.1 Å². The van der Waals surface area contributed by atoms with E-state index in [1.807, 2.05) is 0 Å². The van der Waals surface area contributed by atoms with E-state index in [1.54, 1.807) is 29.2 Å². The summed E-state index contributed by atoms with van der Waals surface area (Å²) in [5.74, 6) is -0.830. The molecule has 27 heavy (non-hydrogen) atoms. The van der Waals surface area contributed by atoms with Gasteiger partial charge >= 0.3 is 5.97 Å². The Balaban J connectivity index is 1.56. The number of esters is 1. The Labute approximate surface area is 164 Å². The van der Waals surface area contributed by atoms with E-state index in [1.165, 1.54) is 7.11 Å². The van der Waals surface area contributed by atoms with Crippen LogP contribution in [0.3, 0.4) is 0 Å². The summed E-state index contributed by atoms with van der Waals surface area (Å²) in [5.41, 5.74) is 0.748. The van der Waals surface area contributed by atoms with Gasteiger partial charge in [-0.1, -0.05) is 24.4 Å². The molecule has 3 unspecified atom stereocenters. The predicted octanol–water partition coefficient (Wildman–Crippen LogP) is 2.79. The molecule has 0 spiro atoms. The Kier molecular flexibility index (Phi) is 6.37. The van der Waals surface area contributed by atoms with Crippen molar-refractivity contribution in [2.75, 3.05) is 25.1 Å². The quantitative estimate of drug-likeness (QED) is 0.782. The van der Waals surface area contributed by atoms with E-state index in [4.69, 9.17) is 16.3 Å². The van der Waals surface area contributed by atoms with Crippen LogP contribution in [-0.2, 0) is 19.1 Å². The first-order valence-corrected chi connectivity index (χ1v) is 9.79. The van der Waals surface area contributed by atoms with Gasteiger partial charge in [0.05, 0.1) is 18.9 Å². The first-order valence-electron chi connectivity index (χ1n) is 9.41. The number of nitrogens with zero attached hydrogens (tertiary/aromatic N) is 1. The molecular weight excluding hydrogens is 368 g/mol. The van der Waals surface area contributed by atoms with Gasteiger partial charge in [-0.15, -0.1) is 0 Å². The number of hydrogen-bond acceptors (Lipinski definition) is 4. The van der Waals surface area contributed by atoms with Crippen LogP contribution in [0.2, 0.25) is 5.02 Å². The largest absolute Gasteiger partial charge is 0.469 e. The zero-order valence-corrected chi connectivity index (χ0v) is 16.2. The molecule has 2 aliphatic rings. The van der Waals surface area contributed by atoms with Crippen molar-refractivity contribution < 1.29 is 19.1 Å². The normalized spacial score (nSPS) is 25.3. The monoisotopic (exact) mass is 392 g/mol. The van der Waals surface area contributed by atoms with E-state index < -0.39 is 0 Å². The van der Waals surface area contributed by atoms with Gasteiger partial charge in [-0.05, 0) is 43.0 Å². The molecule has 2 fully saturated rings. The Bertz CT molecular complexity index is 706. The fraction of sp³-hybridized carbons (Fsp3) is 0.550. The second-order valence-electron chi connectivity index (χ2n) is 7.30. The average molecular weight is 393 g/mol. The van der Waals surface area contributed by atoms with Gasteiger partial charge in [-0.25, -0.2) is 0 Å². The number of amides is 2. The number of hydrogen-bond donors (Lipinski definition) is 1. The standard InChI is InChI=1S/C20H25ClN2O4/c1-27-20(26)17-5-3-2-4-13(17)11-22-19(25)14-10-18(24)23(12-14)16-8-6-15(21)7-9-16/h6-9,13-14,17H,2-5,10-12H2,1H3,(H,22,25). The second kappa shape index (κ2) is 8.74. The van der Waals surface area contributed by atoms with Crippen molar-refractivity contribution in [1.82, 2.24) is 5.32 Å². The Hall–Kier alpha value is -2.08. The van der Waals surface area contributed by atoms with Crippen LogP contribution in [-0.4, -0.2) is 38.0 Å². The number of nitrogens with one attached hydrogen (secondary N) is 1. The fourth-order valence-corrected chi connectivity index (χ4v) is 4.17. The van der Waals surface area contributed by atoms with E-state index in [-0.39, 0.29) is 42.0 Å². The molecule has 1 aromatic rings. The van der Waals surface area contributed by atoms with E-state index in [2.05, 4.69) is 5.32 Å². The summed E-state index contributed by atoms with van der Waals surface area (Å²) in [4.78, 5) is 38.5. The second-order valence-corrected chi connectivity index (χ2v) is 7.74. The lowest BCUT2D eigenvalue weighted by atomic mass is 9.79. The average Bonchev–Trinajstić information content (AvgIpc) is 3.08. The van der Waals surface area contributed by atoms with Gasteiger partial charge in [-0.3, -0.25) is 14.4 Å². The molecular formula is C20H25ClN2O4. The highest BCUT2D eigenvalue weighted by Crippen LogP contribution is 2.31. The molecule has 1 aliphatic carbocycles.